The zero-order valence-electron chi connectivity index (χ0n) is 20.2. The summed E-state index contributed by atoms with van der Waals surface area (Å²) in [6.07, 6.45) is -0.618. The number of allylic oxidation sites excluding steroid dienone is 1. The average molecular weight is 492 g/mol. The Balaban J connectivity index is 1.36. The van der Waals surface area contributed by atoms with Gasteiger partial charge in [-0.25, -0.2) is 9.50 Å². The smallest absolute Gasteiger partial charge is 0.304 e. The number of rotatable bonds is 6. The van der Waals surface area contributed by atoms with Gasteiger partial charge in [0.05, 0.1) is 17.5 Å². The van der Waals surface area contributed by atoms with E-state index >= 15 is 0 Å². The highest BCUT2D eigenvalue weighted by Gasteiger charge is 2.34. The number of halogens is 3. The van der Waals surface area contributed by atoms with Crippen molar-refractivity contribution >= 4 is 11.2 Å². The number of fused-ring (bicyclic) bond motifs is 1. The normalized spacial score (nSPS) is 15.4. The summed E-state index contributed by atoms with van der Waals surface area (Å²) >= 11 is 0. The molecule has 5 nitrogen and oxygen atoms in total. The molecule has 3 heterocycles. The first-order valence-electron chi connectivity index (χ1n) is 12.0. The van der Waals surface area contributed by atoms with Gasteiger partial charge < -0.3 is 4.90 Å². The molecule has 0 atom stereocenters. The van der Waals surface area contributed by atoms with Crippen LogP contribution in [-0.4, -0.2) is 57.6 Å². The fourth-order valence-electron chi connectivity index (χ4n) is 4.66. The standard InChI is InChI=1S/C28H28F3N5/c1-20(22-5-3-6-23(17-22)26-18-32-27-7-4-10-33-36(26)27)15-21-8-9-24(25(16-21)28(29,30)31)19-35-13-11-34(2)12-14-35/h3-10,16-18H,1,11-15,19H2,2H3. The van der Waals surface area contributed by atoms with Gasteiger partial charge in [0.1, 0.15) is 0 Å². The molecule has 2 aromatic heterocycles. The number of hydrogen-bond donors (Lipinski definition) is 0. The number of imidazole rings is 1. The largest absolute Gasteiger partial charge is 0.416 e. The van der Waals surface area contributed by atoms with Gasteiger partial charge in [0.2, 0.25) is 0 Å². The van der Waals surface area contributed by atoms with Crippen LogP contribution >= 0.6 is 0 Å². The van der Waals surface area contributed by atoms with Gasteiger partial charge in [-0.15, -0.1) is 0 Å². The summed E-state index contributed by atoms with van der Waals surface area (Å²) in [5.41, 5.74) is 4.48. The van der Waals surface area contributed by atoms with Gasteiger partial charge in [0, 0.05) is 44.5 Å². The second kappa shape index (κ2) is 9.87. The highest BCUT2D eigenvalue weighted by molar-refractivity contribution is 5.72. The van der Waals surface area contributed by atoms with Gasteiger partial charge in [-0.1, -0.05) is 36.9 Å². The second-order valence-electron chi connectivity index (χ2n) is 9.37. The van der Waals surface area contributed by atoms with E-state index in [1.807, 2.05) is 43.4 Å². The highest BCUT2D eigenvalue weighted by Crippen LogP contribution is 2.34. The number of piperazine rings is 1. The van der Waals surface area contributed by atoms with E-state index in [2.05, 4.69) is 26.5 Å². The summed E-state index contributed by atoms with van der Waals surface area (Å²) in [4.78, 5) is 8.67. The molecule has 0 radical (unpaired) electrons. The zero-order chi connectivity index (χ0) is 25.3. The van der Waals surface area contributed by atoms with Crippen molar-refractivity contribution in [2.75, 3.05) is 33.2 Å². The first-order chi connectivity index (χ1) is 17.3. The molecular formula is C28H28F3N5. The average Bonchev–Trinajstić information content (AvgIpc) is 3.30. The molecule has 1 saturated heterocycles. The monoisotopic (exact) mass is 491 g/mol. The number of alkyl halides is 3. The van der Waals surface area contributed by atoms with Crippen molar-refractivity contribution in [3.05, 3.63) is 95.8 Å². The van der Waals surface area contributed by atoms with Crippen LogP contribution in [0.3, 0.4) is 0 Å². The molecule has 186 valence electrons. The number of nitrogens with zero attached hydrogens (tertiary/aromatic N) is 5. The molecule has 8 heteroatoms. The van der Waals surface area contributed by atoms with Gasteiger partial charge in [-0.05, 0) is 60.0 Å². The lowest BCUT2D eigenvalue weighted by molar-refractivity contribution is -0.138. The third-order valence-corrected chi connectivity index (χ3v) is 6.73. The fourth-order valence-corrected chi connectivity index (χ4v) is 4.66. The van der Waals surface area contributed by atoms with E-state index in [0.29, 0.717) is 24.1 Å². The lowest BCUT2D eigenvalue weighted by Crippen LogP contribution is -2.44. The zero-order valence-corrected chi connectivity index (χ0v) is 20.2. The molecule has 1 aliphatic heterocycles. The van der Waals surface area contributed by atoms with Crippen molar-refractivity contribution in [3.63, 3.8) is 0 Å². The van der Waals surface area contributed by atoms with Crippen LogP contribution in [0.25, 0.3) is 22.5 Å². The van der Waals surface area contributed by atoms with Gasteiger partial charge in [-0.2, -0.15) is 18.3 Å². The SMILES string of the molecule is C=C(Cc1ccc(CN2CCN(C)CC2)c(C(F)(F)F)c1)c1cccc(-c2cnc3cccnn23)c1. The molecule has 36 heavy (non-hydrogen) atoms. The van der Waals surface area contributed by atoms with E-state index in [1.54, 1.807) is 29.0 Å². The van der Waals surface area contributed by atoms with Gasteiger partial charge in [0.15, 0.2) is 5.65 Å². The minimum atomic E-state index is -4.41. The van der Waals surface area contributed by atoms with Gasteiger partial charge in [-0.3, -0.25) is 4.90 Å². The number of benzene rings is 2. The molecule has 0 N–H and O–H groups in total. The van der Waals surface area contributed by atoms with E-state index in [9.17, 15) is 13.2 Å². The molecule has 0 spiro atoms. The third kappa shape index (κ3) is 5.20. The van der Waals surface area contributed by atoms with Crippen molar-refractivity contribution in [1.82, 2.24) is 24.4 Å². The Morgan fingerprint density at radius 1 is 1.00 bits per heavy atom. The Kier molecular flexibility index (Phi) is 6.64. The topological polar surface area (TPSA) is 36.7 Å². The van der Waals surface area contributed by atoms with Crippen molar-refractivity contribution in [3.8, 4) is 11.3 Å². The Morgan fingerprint density at radius 2 is 1.81 bits per heavy atom. The Labute approximate surface area is 208 Å². The molecule has 2 aromatic carbocycles. The fraction of sp³-hybridized carbons (Fsp3) is 0.286. The van der Waals surface area contributed by atoms with Gasteiger partial charge >= 0.3 is 6.18 Å². The summed E-state index contributed by atoms with van der Waals surface area (Å²) in [5, 5.41) is 4.37. The van der Waals surface area contributed by atoms with Crippen LogP contribution in [-0.2, 0) is 19.1 Å². The predicted molar refractivity (Wildman–Crippen MR) is 135 cm³/mol. The molecule has 0 amide bonds. The first-order valence-corrected chi connectivity index (χ1v) is 12.0. The van der Waals surface area contributed by atoms with E-state index < -0.39 is 11.7 Å². The van der Waals surface area contributed by atoms with Crippen LogP contribution in [0.15, 0.2) is 73.6 Å². The van der Waals surface area contributed by atoms with Crippen LogP contribution in [0.2, 0.25) is 0 Å². The molecule has 0 aliphatic carbocycles. The molecule has 4 aromatic rings. The summed E-state index contributed by atoms with van der Waals surface area (Å²) < 4.78 is 43.7. The minimum absolute atomic E-state index is 0.305. The first kappa shape index (κ1) is 24.2. The number of likely N-dealkylation sites (N-methyl/N-ethyl adjacent to an activating group) is 1. The van der Waals surface area contributed by atoms with Crippen LogP contribution in [0.4, 0.5) is 13.2 Å². The predicted octanol–water partition coefficient (Wildman–Crippen LogP) is 5.42. The number of aromatic nitrogens is 3. The summed E-state index contributed by atoms with van der Waals surface area (Å²) in [5.74, 6) is 0. The third-order valence-electron chi connectivity index (χ3n) is 6.73. The Bertz CT molecular complexity index is 1380. The van der Waals surface area contributed by atoms with Crippen LogP contribution < -0.4 is 0 Å². The minimum Gasteiger partial charge on any atom is -0.304 e. The maximum atomic E-state index is 14.0. The molecule has 0 unspecified atom stereocenters. The van der Waals surface area contributed by atoms with Crippen molar-refractivity contribution < 1.29 is 13.2 Å². The number of hydrogen-bond acceptors (Lipinski definition) is 4. The lowest BCUT2D eigenvalue weighted by atomic mass is 9.95. The van der Waals surface area contributed by atoms with Crippen molar-refractivity contribution in [2.24, 2.45) is 0 Å². The van der Waals surface area contributed by atoms with Crippen LogP contribution in [0.5, 0.6) is 0 Å². The summed E-state index contributed by atoms with van der Waals surface area (Å²) in [6.45, 7) is 7.76. The maximum absolute atomic E-state index is 14.0. The van der Waals surface area contributed by atoms with E-state index in [0.717, 1.165) is 54.2 Å². The molecule has 0 bridgehead atoms. The van der Waals surface area contributed by atoms with E-state index in [1.165, 1.54) is 6.07 Å². The van der Waals surface area contributed by atoms with Gasteiger partial charge in [0.25, 0.3) is 0 Å². The lowest BCUT2D eigenvalue weighted by Gasteiger charge is -2.33. The van der Waals surface area contributed by atoms with E-state index in [4.69, 9.17) is 0 Å². The Morgan fingerprint density at radius 3 is 2.58 bits per heavy atom. The quantitative estimate of drug-likeness (QED) is 0.361. The van der Waals surface area contributed by atoms with Crippen LogP contribution in [0, 0.1) is 0 Å². The second-order valence-corrected chi connectivity index (χ2v) is 9.37. The van der Waals surface area contributed by atoms with Crippen LogP contribution in [0.1, 0.15) is 22.3 Å². The molecule has 0 saturated carbocycles. The van der Waals surface area contributed by atoms with E-state index in [-0.39, 0.29) is 0 Å². The maximum Gasteiger partial charge on any atom is 0.416 e. The molecular weight excluding hydrogens is 463 g/mol. The molecule has 1 aliphatic rings. The Hall–Kier alpha value is -3.49. The van der Waals surface area contributed by atoms with Crippen molar-refractivity contribution in [2.45, 2.75) is 19.1 Å². The summed E-state index contributed by atoms with van der Waals surface area (Å²) in [6, 6.07) is 16.2. The molecule has 1 fully saturated rings. The molecule has 5 rings (SSSR count). The van der Waals surface area contributed by atoms with Crippen molar-refractivity contribution in [1.29, 1.82) is 0 Å². The summed E-state index contributed by atoms with van der Waals surface area (Å²) in [7, 11) is 2.03. The highest BCUT2D eigenvalue weighted by atomic mass is 19.4.